The molecule has 2 aromatic carbocycles. The third-order valence-corrected chi connectivity index (χ3v) is 3.87. The fourth-order valence-electron chi connectivity index (χ4n) is 2.21. The van der Waals surface area contributed by atoms with E-state index in [1.165, 1.54) is 12.1 Å². The molecule has 3 aromatic rings. The van der Waals surface area contributed by atoms with Crippen molar-refractivity contribution in [3.05, 3.63) is 60.8 Å². The predicted molar refractivity (Wildman–Crippen MR) is 80.4 cm³/mol. The number of hydrogen-bond acceptors (Lipinski definition) is 5. The molecule has 0 saturated heterocycles. The summed E-state index contributed by atoms with van der Waals surface area (Å²) in [7, 11) is 0. The van der Waals surface area contributed by atoms with E-state index in [9.17, 15) is 14.5 Å². The number of fused-ring (bicyclic) bond motifs is 1. The second kappa shape index (κ2) is 5.62. The van der Waals surface area contributed by atoms with E-state index in [0.717, 1.165) is 0 Å². The van der Waals surface area contributed by atoms with Gasteiger partial charge in [0.2, 0.25) is 5.52 Å². The molecule has 0 fully saturated rings. The zero-order valence-corrected chi connectivity index (χ0v) is 13.1. The number of nitrogens with zero attached hydrogens (tertiary/aromatic N) is 3. The molecule has 0 saturated carbocycles. The SMILES string of the molecule is O=[N+]([O-])c1c(Cc2cc(F)cc(Cl)c2)cc(Br)c2nonc12. The summed E-state index contributed by atoms with van der Waals surface area (Å²) in [5, 5.41) is 18.8. The maximum absolute atomic E-state index is 13.4. The molecule has 0 atom stereocenters. The van der Waals surface area contributed by atoms with Crippen molar-refractivity contribution in [2.24, 2.45) is 0 Å². The van der Waals surface area contributed by atoms with Gasteiger partial charge in [-0.1, -0.05) is 11.6 Å². The fraction of sp³-hybridized carbons (Fsp3) is 0.0769. The molecular formula is C13H6BrClFN3O3. The molecule has 0 bridgehead atoms. The zero-order chi connectivity index (χ0) is 15.9. The molecule has 3 rings (SSSR count). The molecule has 0 aliphatic rings. The normalized spacial score (nSPS) is 11.0. The van der Waals surface area contributed by atoms with Crippen molar-refractivity contribution in [1.29, 1.82) is 0 Å². The van der Waals surface area contributed by atoms with E-state index in [-0.39, 0.29) is 28.2 Å². The van der Waals surface area contributed by atoms with E-state index in [0.29, 0.717) is 15.6 Å². The van der Waals surface area contributed by atoms with E-state index in [4.69, 9.17) is 11.6 Å². The molecule has 0 unspecified atom stereocenters. The number of benzene rings is 2. The van der Waals surface area contributed by atoms with Gasteiger partial charge in [-0.2, -0.15) is 0 Å². The van der Waals surface area contributed by atoms with Gasteiger partial charge in [-0.05, 0) is 56.1 Å². The highest BCUT2D eigenvalue weighted by Crippen LogP contribution is 2.34. The Bertz CT molecular complexity index is 879. The van der Waals surface area contributed by atoms with Crippen LogP contribution in [-0.2, 0) is 6.42 Å². The summed E-state index contributed by atoms with van der Waals surface area (Å²) in [6.45, 7) is 0. The van der Waals surface area contributed by atoms with Gasteiger partial charge in [0.1, 0.15) is 5.82 Å². The Hall–Kier alpha value is -2.06. The molecule has 0 aliphatic carbocycles. The number of rotatable bonds is 3. The maximum atomic E-state index is 13.4. The molecule has 112 valence electrons. The van der Waals surface area contributed by atoms with Crippen molar-refractivity contribution >= 4 is 44.3 Å². The van der Waals surface area contributed by atoms with Gasteiger partial charge in [-0.25, -0.2) is 9.02 Å². The van der Waals surface area contributed by atoms with Crippen molar-refractivity contribution in [2.45, 2.75) is 6.42 Å². The summed E-state index contributed by atoms with van der Waals surface area (Å²) < 4.78 is 18.5. The Kier molecular flexibility index (Phi) is 3.79. The van der Waals surface area contributed by atoms with Crippen LogP contribution in [0.1, 0.15) is 11.1 Å². The average Bonchev–Trinajstić information content (AvgIpc) is 2.86. The van der Waals surface area contributed by atoms with Crippen LogP contribution < -0.4 is 0 Å². The smallest absolute Gasteiger partial charge is 0.258 e. The highest BCUT2D eigenvalue weighted by Gasteiger charge is 2.25. The first-order valence-electron chi connectivity index (χ1n) is 5.98. The Morgan fingerprint density at radius 1 is 1.27 bits per heavy atom. The van der Waals surface area contributed by atoms with Gasteiger partial charge < -0.3 is 0 Å². The van der Waals surface area contributed by atoms with Gasteiger partial charge in [-0.3, -0.25) is 10.1 Å². The second-order valence-electron chi connectivity index (χ2n) is 4.54. The molecule has 0 spiro atoms. The minimum absolute atomic E-state index is 0.0388. The minimum atomic E-state index is -0.560. The van der Waals surface area contributed by atoms with Crippen molar-refractivity contribution in [2.75, 3.05) is 0 Å². The third kappa shape index (κ3) is 2.67. The van der Waals surface area contributed by atoms with E-state index < -0.39 is 10.7 Å². The van der Waals surface area contributed by atoms with Gasteiger partial charge in [0, 0.05) is 21.5 Å². The Labute approximate surface area is 136 Å². The van der Waals surface area contributed by atoms with Crippen LogP contribution >= 0.6 is 27.5 Å². The summed E-state index contributed by atoms with van der Waals surface area (Å²) in [6, 6.07) is 5.53. The van der Waals surface area contributed by atoms with Gasteiger partial charge >= 0.3 is 5.69 Å². The zero-order valence-electron chi connectivity index (χ0n) is 10.7. The highest BCUT2D eigenvalue weighted by molar-refractivity contribution is 9.10. The van der Waals surface area contributed by atoms with Crippen LogP contribution in [0.2, 0.25) is 5.02 Å². The molecule has 0 aliphatic heterocycles. The monoisotopic (exact) mass is 385 g/mol. The average molecular weight is 387 g/mol. The quantitative estimate of drug-likeness (QED) is 0.496. The van der Waals surface area contributed by atoms with E-state index >= 15 is 0 Å². The van der Waals surface area contributed by atoms with Crippen LogP contribution in [0.15, 0.2) is 33.4 Å². The molecule has 22 heavy (non-hydrogen) atoms. The molecule has 0 N–H and O–H groups in total. The van der Waals surface area contributed by atoms with Gasteiger partial charge in [-0.15, -0.1) is 0 Å². The van der Waals surface area contributed by atoms with Crippen LogP contribution in [0, 0.1) is 15.9 Å². The fourth-order valence-corrected chi connectivity index (χ4v) is 2.99. The Morgan fingerprint density at radius 3 is 2.68 bits per heavy atom. The van der Waals surface area contributed by atoms with Crippen molar-refractivity contribution < 1.29 is 13.9 Å². The van der Waals surface area contributed by atoms with E-state index in [1.54, 1.807) is 12.1 Å². The summed E-state index contributed by atoms with van der Waals surface area (Å²) in [5.41, 5.74) is 0.932. The van der Waals surface area contributed by atoms with Gasteiger partial charge in [0.25, 0.3) is 0 Å². The maximum Gasteiger partial charge on any atom is 0.304 e. The van der Waals surface area contributed by atoms with Crippen LogP contribution in [-0.4, -0.2) is 15.2 Å². The van der Waals surface area contributed by atoms with Crippen molar-refractivity contribution in [3.63, 3.8) is 0 Å². The first-order valence-corrected chi connectivity index (χ1v) is 7.16. The summed E-state index contributed by atoms with van der Waals surface area (Å²) in [4.78, 5) is 10.8. The standard InChI is InChI=1S/C13H6BrClFN3O3/c14-10-4-7(1-6-2-8(15)5-9(16)3-6)13(19(20)21)12-11(10)17-22-18-12/h2-5H,1H2. The predicted octanol–water partition coefficient (Wildman–Crippen LogP) is 4.28. The lowest BCUT2D eigenvalue weighted by Gasteiger charge is -2.05. The Balaban J connectivity index is 2.17. The first kappa shape index (κ1) is 14.9. The topological polar surface area (TPSA) is 82.1 Å². The molecule has 0 amide bonds. The largest absolute Gasteiger partial charge is 0.304 e. The molecule has 1 heterocycles. The first-order chi connectivity index (χ1) is 10.5. The molecule has 0 radical (unpaired) electrons. The molecule has 1 aromatic heterocycles. The second-order valence-corrected chi connectivity index (χ2v) is 5.83. The Morgan fingerprint density at radius 2 is 2.00 bits per heavy atom. The number of halogens is 3. The molecule has 6 nitrogen and oxygen atoms in total. The number of hydrogen-bond donors (Lipinski definition) is 0. The van der Waals surface area contributed by atoms with Gasteiger partial charge in [0.15, 0.2) is 5.52 Å². The van der Waals surface area contributed by atoms with Crippen molar-refractivity contribution in [1.82, 2.24) is 10.3 Å². The van der Waals surface area contributed by atoms with Crippen LogP contribution in [0.3, 0.4) is 0 Å². The number of nitro groups is 1. The lowest BCUT2D eigenvalue weighted by atomic mass is 10.0. The third-order valence-electron chi connectivity index (χ3n) is 3.04. The van der Waals surface area contributed by atoms with Crippen LogP contribution in [0.5, 0.6) is 0 Å². The van der Waals surface area contributed by atoms with Crippen LogP contribution in [0.4, 0.5) is 10.1 Å². The van der Waals surface area contributed by atoms with Crippen LogP contribution in [0.25, 0.3) is 11.0 Å². The summed E-state index contributed by atoms with van der Waals surface area (Å²) in [5.74, 6) is -0.506. The van der Waals surface area contributed by atoms with E-state index in [1.807, 2.05) is 0 Å². The lowest BCUT2D eigenvalue weighted by molar-refractivity contribution is -0.383. The lowest BCUT2D eigenvalue weighted by Crippen LogP contribution is -1.99. The summed E-state index contributed by atoms with van der Waals surface area (Å²) >= 11 is 9.07. The highest BCUT2D eigenvalue weighted by atomic mass is 79.9. The summed E-state index contributed by atoms with van der Waals surface area (Å²) in [6.07, 6.45) is 0.120. The van der Waals surface area contributed by atoms with Crippen molar-refractivity contribution in [3.8, 4) is 0 Å². The van der Waals surface area contributed by atoms with Gasteiger partial charge in [0.05, 0.1) is 4.92 Å². The molecule has 9 heteroatoms. The number of nitro benzene ring substituents is 1. The number of aromatic nitrogens is 2. The minimum Gasteiger partial charge on any atom is -0.258 e. The van der Waals surface area contributed by atoms with E-state index in [2.05, 4.69) is 30.9 Å². The molecular weight excluding hydrogens is 381 g/mol.